The summed E-state index contributed by atoms with van der Waals surface area (Å²) in [6.45, 7) is 0. The van der Waals surface area contributed by atoms with E-state index in [0.29, 0.717) is 11.2 Å². The fraction of sp³-hybridized carbons (Fsp3) is 0.188. The van der Waals surface area contributed by atoms with Crippen molar-refractivity contribution in [2.75, 3.05) is 19.0 Å². The number of hydrogen-bond acceptors (Lipinski definition) is 2. The van der Waals surface area contributed by atoms with E-state index in [-0.39, 0.29) is 0 Å². The predicted molar refractivity (Wildman–Crippen MR) is 80.0 cm³/mol. The van der Waals surface area contributed by atoms with Gasteiger partial charge in [-0.3, -0.25) is 4.40 Å². The maximum Gasteiger partial charge on any atom is 0.431 e. The van der Waals surface area contributed by atoms with Crippen molar-refractivity contribution in [2.24, 2.45) is 0 Å². The number of hydrogen-bond donors (Lipinski definition) is 0. The molecule has 3 rings (SSSR count). The van der Waals surface area contributed by atoms with Crippen molar-refractivity contribution < 1.29 is 13.2 Å². The average Bonchev–Trinajstić information content (AvgIpc) is 2.90. The largest absolute Gasteiger partial charge is 0.431 e. The van der Waals surface area contributed by atoms with Crippen LogP contribution in [0.4, 0.5) is 18.9 Å². The zero-order chi connectivity index (χ0) is 15.9. The minimum atomic E-state index is -4.41. The summed E-state index contributed by atoms with van der Waals surface area (Å²) >= 11 is 0. The second kappa shape index (κ2) is 5.05. The Labute approximate surface area is 125 Å². The van der Waals surface area contributed by atoms with Gasteiger partial charge in [0.2, 0.25) is 0 Å². The highest BCUT2D eigenvalue weighted by atomic mass is 19.4. The standard InChI is InChI=1S/C16H14F3N3/c1-21(2)12-8-6-11(7-9-12)15-13-4-3-5-14(16(17,18)19)22(13)10-20-15/h3-10H,1-2H3. The summed E-state index contributed by atoms with van der Waals surface area (Å²) in [7, 11) is 3.85. The second-order valence-corrected chi connectivity index (χ2v) is 5.20. The number of halogens is 3. The molecule has 0 aliphatic carbocycles. The fourth-order valence-electron chi connectivity index (χ4n) is 2.39. The summed E-state index contributed by atoms with van der Waals surface area (Å²) in [5.74, 6) is 0. The van der Waals surface area contributed by atoms with Crippen LogP contribution >= 0.6 is 0 Å². The van der Waals surface area contributed by atoms with Crippen molar-refractivity contribution in [3.05, 3.63) is 54.5 Å². The van der Waals surface area contributed by atoms with Gasteiger partial charge in [-0.25, -0.2) is 4.98 Å². The van der Waals surface area contributed by atoms with E-state index in [1.807, 2.05) is 43.3 Å². The Hall–Kier alpha value is -2.50. The lowest BCUT2D eigenvalue weighted by Crippen LogP contribution is -2.10. The summed E-state index contributed by atoms with van der Waals surface area (Å²) in [5.41, 5.74) is 2.05. The molecule has 2 aromatic heterocycles. The molecule has 0 aliphatic rings. The van der Waals surface area contributed by atoms with Crippen LogP contribution in [0.25, 0.3) is 16.8 Å². The molecule has 0 radical (unpaired) electrons. The number of alkyl halides is 3. The molecule has 3 nitrogen and oxygen atoms in total. The third kappa shape index (κ3) is 2.41. The number of nitrogens with zero attached hydrogens (tertiary/aromatic N) is 3. The highest BCUT2D eigenvalue weighted by molar-refractivity contribution is 5.78. The summed E-state index contributed by atoms with van der Waals surface area (Å²) in [4.78, 5) is 6.12. The molecule has 0 N–H and O–H groups in total. The second-order valence-electron chi connectivity index (χ2n) is 5.20. The number of benzene rings is 1. The van der Waals surface area contributed by atoms with Crippen LogP contribution in [0.1, 0.15) is 5.69 Å². The molecule has 0 amide bonds. The van der Waals surface area contributed by atoms with E-state index in [0.717, 1.165) is 21.7 Å². The monoisotopic (exact) mass is 305 g/mol. The van der Waals surface area contributed by atoms with Gasteiger partial charge in [-0.05, 0) is 24.3 Å². The van der Waals surface area contributed by atoms with Crippen LogP contribution in [0.3, 0.4) is 0 Å². The molecule has 0 fully saturated rings. The summed E-state index contributed by atoms with van der Waals surface area (Å²) in [6.07, 6.45) is -3.19. The molecule has 0 atom stereocenters. The number of anilines is 1. The lowest BCUT2D eigenvalue weighted by atomic mass is 10.1. The zero-order valence-corrected chi connectivity index (χ0v) is 12.1. The van der Waals surface area contributed by atoms with Crippen LogP contribution in [-0.2, 0) is 6.18 Å². The van der Waals surface area contributed by atoms with Crippen LogP contribution < -0.4 is 4.90 Å². The van der Waals surface area contributed by atoms with Gasteiger partial charge < -0.3 is 4.90 Å². The van der Waals surface area contributed by atoms with Crippen LogP contribution in [-0.4, -0.2) is 23.5 Å². The maximum atomic E-state index is 13.0. The number of fused-ring (bicyclic) bond motifs is 1. The number of rotatable bonds is 2. The fourth-order valence-corrected chi connectivity index (χ4v) is 2.39. The minimum Gasteiger partial charge on any atom is -0.378 e. The first-order chi connectivity index (χ1) is 10.4. The highest BCUT2D eigenvalue weighted by Gasteiger charge is 2.33. The van der Waals surface area contributed by atoms with Crippen molar-refractivity contribution in [3.8, 4) is 11.3 Å². The molecule has 0 aliphatic heterocycles. The van der Waals surface area contributed by atoms with E-state index in [1.165, 1.54) is 12.4 Å². The van der Waals surface area contributed by atoms with E-state index in [9.17, 15) is 13.2 Å². The first kappa shape index (κ1) is 14.4. The van der Waals surface area contributed by atoms with E-state index >= 15 is 0 Å². The summed E-state index contributed by atoms with van der Waals surface area (Å²) < 4.78 is 40.1. The average molecular weight is 305 g/mol. The molecule has 6 heteroatoms. The summed E-state index contributed by atoms with van der Waals surface area (Å²) in [6, 6.07) is 11.6. The molecule has 0 saturated heterocycles. The molecule has 0 spiro atoms. The highest BCUT2D eigenvalue weighted by Crippen LogP contribution is 2.32. The smallest absolute Gasteiger partial charge is 0.378 e. The summed E-state index contributed by atoms with van der Waals surface area (Å²) in [5, 5.41) is 0. The van der Waals surface area contributed by atoms with E-state index in [1.54, 1.807) is 6.07 Å². The lowest BCUT2D eigenvalue weighted by molar-refractivity contribution is -0.142. The third-order valence-electron chi connectivity index (χ3n) is 3.52. The van der Waals surface area contributed by atoms with Gasteiger partial charge in [0.25, 0.3) is 0 Å². The van der Waals surface area contributed by atoms with Gasteiger partial charge in [-0.2, -0.15) is 13.2 Å². The molecule has 1 aromatic carbocycles. The Kier molecular flexibility index (Phi) is 3.31. The molecule has 2 heterocycles. The van der Waals surface area contributed by atoms with Crippen LogP contribution in [0.2, 0.25) is 0 Å². The quantitative estimate of drug-likeness (QED) is 0.711. The Balaban J connectivity index is 2.13. The van der Waals surface area contributed by atoms with Crippen LogP contribution in [0, 0.1) is 0 Å². The van der Waals surface area contributed by atoms with Gasteiger partial charge in [-0.15, -0.1) is 0 Å². The first-order valence-corrected chi connectivity index (χ1v) is 6.69. The van der Waals surface area contributed by atoms with Gasteiger partial charge in [0.1, 0.15) is 12.0 Å². The Morgan fingerprint density at radius 2 is 1.68 bits per heavy atom. The molecule has 22 heavy (non-hydrogen) atoms. The van der Waals surface area contributed by atoms with E-state index < -0.39 is 11.9 Å². The lowest BCUT2D eigenvalue weighted by Gasteiger charge is -2.12. The van der Waals surface area contributed by atoms with Crippen molar-refractivity contribution >= 4 is 11.2 Å². The van der Waals surface area contributed by atoms with Gasteiger partial charge in [0, 0.05) is 25.3 Å². The first-order valence-electron chi connectivity index (χ1n) is 6.69. The van der Waals surface area contributed by atoms with Gasteiger partial charge >= 0.3 is 6.18 Å². The molecule has 0 unspecified atom stereocenters. The van der Waals surface area contributed by atoms with Crippen molar-refractivity contribution in [3.63, 3.8) is 0 Å². The van der Waals surface area contributed by atoms with E-state index in [4.69, 9.17) is 0 Å². The van der Waals surface area contributed by atoms with Crippen molar-refractivity contribution in [1.82, 2.24) is 9.38 Å². The maximum absolute atomic E-state index is 13.0. The zero-order valence-electron chi connectivity index (χ0n) is 12.1. The Morgan fingerprint density at radius 3 is 2.27 bits per heavy atom. The Morgan fingerprint density at radius 1 is 1.00 bits per heavy atom. The van der Waals surface area contributed by atoms with Crippen molar-refractivity contribution in [2.45, 2.75) is 6.18 Å². The Bertz CT molecular complexity index is 802. The van der Waals surface area contributed by atoms with Gasteiger partial charge in [-0.1, -0.05) is 18.2 Å². The molecular formula is C16H14F3N3. The topological polar surface area (TPSA) is 20.5 Å². The van der Waals surface area contributed by atoms with Crippen molar-refractivity contribution in [1.29, 1.82) is 0 Å². The molecule has 0 bridgehead atoms. The van der Waals surface area contributed by atoms with Gasteiger partial charge in [0.05, 0.1) is 11.2 Å². The number of imidazole rings is 1. The van der Waals surface area contributed by atoms with Crippen LogP contribution in [0.5, 0.6) is 0 Å². The number of pyridine rings is 1. The molecule has 3 aromatic rings. The molecule has 114 valence electrons. The van der Waals surface area contributed by atoms with Crippen LogP contribution in [0.15, 0.2) is 48.8 Å². The SMILES string of the molecule is CN(C)c1ccc(-c2ncn3c(C(F)(F)F)cccc23)cc1. The molecule has 0 saturated carbocycles. The minimum absolute atomic E-state index is 0.437. The predicted octanol–water partition coefficient (Wildman–Crippen LogP) is 4.09. The molecular weight excluding hydrogens is 291 g/mol. The van der Waals surface area contributed by atoms with Gasteiger partial charge in [0.15, 0.2) is 0 Å². The van der Waals surface area contributed by atoms with E-state index in [2.05, 4.69) is 4.98 Å². The normalized spacial score (nSPS) is 11.9. The number of aromatic nitrogens is 2. The third-order valence-corrected chi connectivity index (χ3v) is 3.52.